The maximum absolute atomic E-state index is 12.5. The summed E-state index contributed by atoms with van der Waals surface area (Å²) in [7, 11) is 0. The number of para-hydroxylation sites is 1. The molecule has 0 atom stereocenters. The summed E-state index contributed by atoms with van der Waals surface area (Å²) >= 11 is 5.61. The lowest BCUT2D eigenvalue weighted by molar-refractivity contribution is -0.138. The fourth-order valence-corrected chi connectivity index (χ4v) is 1.27. The lowest BCUT2D eigenvalue weighted by Crippen LogP contribution is -2.14. The molecule has 6 heteroatoms. The molecule has 0 saturated heterocycles. The first-order valence-corrected chi connectivity index (χ1v) is 4.53. The van der Waals surface area contributed by atoms with Gasteiger partial charge in [-0.1, -0.05) is 17.7 Å². The molecule has 0 aromatic heterocycles. The van der Waals surface area contributed by atoms with Crippen LogP contribution in [0.3, 0.4) is 0 Å². The van der Waals surface area contributed by atoms with E-state index in [-0.39, 0.29) is 23.9 Å². The molecule has 0 aliphatic carbocycles. The van der Waals surface area contributed by atoms with E-state index in [0.717, 1.165) is 6.07 Å². The van der Waals surface area contributed by atoms with E-state index in [1.54, 1.807) is 0 Å². The summed E-state index contributed by atoms with van der Waals surface area (Å²) in [6.45, 7) is 0.120. The number of rotatable bonds is 3. The van der Waals surface area contributed by atoms with Crippen LogP contribution in [0.5, 0.6) is 5.75 Å². The molecule has 0 saturated carbocycles. The van der Waals surface area contributed by atoms with Crippen LogP contribution in [0.15, 0.2) is 18.2 Å². The number of benzene rings is 1. The molecule has 0 aliphatic heterocycles. The number of nitrogens with two attached hydrogens (primary N) is 1. The highest BCUT2D eigenvalue weighted by atomic mass is 35.5. The van der Waals surface area contributed by atoms with Crippen LogP contribution in [0, 0.1) is 0 Å². The van der Waals surface area contributed by atoms with E-state index < -0.39 is 11.7 Å². The zero-order valence-corrected chi connectivity index (χ0v) is 8.40. The van der Waals surface area contributed by atoms with Gasteiger partial charge in [0.25, 0.3) is 0 Å². The average Bonchev–Trinajstić information content (AvgIpc) is 2.14. The average molecular weight is 240 g/mol. The molecule has 0 radical (unpaired) electrons. The largest absolute Gasteiger partial charge is 0.490 e. The molecular formula is C9H9ClF3NO. The van der Waals surface area contributed by atoms with Crippen LogP contribution in [0.2, 0.25) is 5.02 Å². The first-order chi connectivity index (χ1) is 6.96. The predicted molar refractivity (Wildman–Crippen MR) is 51.0 cm³/mol. The Kier molecular flexibility index (Phi) is 3.82. The van der Waals surface area contributed by atoms with Crippen molar-refractivity contribution in [3.63, 3.8) is 0 Å². The van der Waals surface area contributed by atoms with E-state index in [9.17, 15) is 13.2 Å². The van der Waals surface area contributed by atoms with Crippen LogP contribution < -0.4 is 10.5 Å². The Labute approximate surface area is 89.8 Å². The minimum Gasteiger partial charge on any atom is -0.490 e. The number of alkyl halides is 3. The Morgan fingerprint density at radius 1 is 1.33 bits per heavy atom. The number of halogens is 4. The number of hydrogen-bond acceptors (Lipinski definition) is 2. The summed E-state index contributed by atoms with van der Waals surface area (Å²) in [6, 6.07) is 3.47. The van der Waals surface area contributed by atoms with Gasteiger partial charge in [0.05, 0.1) is 10.6 Å². The molecule has 1 aromatic carbocycles. The molecule has 2 nitrogen and oxygen atoms in total. The smallest absolute Gasteiger partial charge is 0.420 e. The summed E-state index contributed by atoms with van der Waals surface area (Å²) in [6.07, 6.45) is -4.48. The molecular weight excluding hydrogens is 231 g/mol. The van der Waals surface area contributed by atoms with Crippen LogP contribution in [-0.2, 0) is 6.18 Å². The molecule has 1 rings (SSSR count). The number of hydrogen-bond donors (Lipinski definition) is 1. The molecule has 15 heavy (non-hydrogen) atoms. The van der Waals surface area contributed by atoms with Crippen LogP contribution in [-0.4, -0.2) is 13.2 Å². The van der Waals surface area contributed by atoms with E-state index >= 15 is 0 Å². The van der Waals surface area contributed by atoms with Crippen LogP contribution in [0.25, 0.3) is 0 Å². The summed E-state index contributed by atoms with van der Waals surface area (Å²) in [4.78, 5) is 0. The van der Waals surface area contributed by atoms with E-state index in [0.29, 0.717) is 0 Å². The molecule has 2 N–H and O–H groups in total. The van der Waals surface area contributed by atoms with Crippen LogP contribution in [0.4, 0.5) is 13.2 Å². The van der Waals surface area contributed by atoms with Crippen molar-refractivity contribution in [3.05, 3.63) is 28.8 Å². The fraction of sp³-hybridized carbons (Fsp3) is 0.333. The van der Waals surface area contributed by atoms with Gasteiger partial charge in [0.15, 0.2) is 0 Å². The lowest BCUT2D eigenvalue weighted by atomic mass is 10.2. The molecule has 0 amide bonds. The van der Waals surface area contributed by atoms with Gasteiger partial charge >= 0.3 is 6.18 Å². The third kappa shape index (κ3) is 3.00. The Bertz CT molecular complexity index is 341. The minimum absolute atomic E-state index is 0.00713. The van der Waals surface area contributed by atoms with Gasteiger partial charge in [0.2, 0.25) is 0 Å². The van der Waals surface area contributed by atoms with Crippen molar-refractivity contribution in [2.24, 2.45) is 5.73 Å². The molecule has 0 bridgehead atoms. The molecule has 84 valence electrons. The van der Waals surface area contributed by atoms with Crippen molar-refractivity contribution in [1.29, 1.82) is 0 Å². The second-order valence-electron chi connectivity index (χ2n) is 2.75. The predicted octanol–water partition coefficient (Wildman–Crippen LogP) is 2.70. The van der Waals surface area contributed by atoms with Gasteiger partial charge in [-0.2, -0.15) is 13.2 Å². The lowest BCUT2D eigenvalue weighted by Gasteiger charge is -2.14. The quantitative estimate of drug-likeness (QED) is 0.880. The van der Waals surface area contributed by atoms with Gasteiger partial charge in [-0.15, -0.1) is 0 Å². The Balaban J connectivity index is 3.09. The Hall–Kier alpha value is -0.940. The summed E-state index contributed by atoms with van der Waals surface area (Å²) in [5, 5.41) is -0.0710. The van der Waals surface area contributed by atoms with Gasteiger partial charge in [-0.3, -0.25) is 0 Å². The first-order valence-electron chi connectivity index (χ1n) is 4.15. The molecule has 0 unspecified atom stereocenters. The van der Waals surface area contributed by atoms with Gasteiger partial charge in [0.1, 0.15) is 12.4 Å². The summed E-state index contributed by atoms with van der Waals surface area (Å²) in [5.41, 5.74) is 4.25. The third-order valence-corrected chi connectivity index (χ3v) is 1.93. The zero-order valence-electron chi connectivity index (χ0n) is 7.64. The van der Waals surface area contributed by atoms with Gasteiger partial charge < -0.3 is 10.5 Å². The minimum atomic E-state index is -4.48. The topological polar surface area (TPSA) is 35.2 Å². The summed E-state index contributed by atoms with van der Waals surface area (Å²) < 4.78 is 42.3. The van der Waals surface area contributed by atoms with E-state index in [1.165, 1.54) is 12.1 Å². The number of ether oxygens (including phenoxy) is 1. The van der Waals surface area contributed by atoms with Crippen molar-refractivity contribution in [2.75, 3.05) is 13.2 Å². The molecule has 0 spiro atoms. The van der Waals surface area contributed by atoms with Gasteiger partial charge in [-0.05, 0) is 12.1 Å². The maximum atomic E-state index is 12.5. The molecule has 0 aliphatic rings. The molecule has 0 heterocycles. The van der Waals surface area contributed by atoms with Crippen molar-refractivity contribution in [1.82, 2.24) is 0 Å². The van der Waals surface area contributed by atoms with Crippen LogP contribution in [0.1, 0.15) is 5.56 Å². The van der Waals surface area contributed by atoms with Crippen molar-refractivity contribution < 1.29 is 17.9 Å². The van der Waals surface area contributed by atoms with E-state index in [2.05, 4.69) is 0 Å². The van der Waals surface area contributed by atoms with Crippen LogP contribution >= 0.6 is 11.6 Å². The summed E-state index contributed by atoms with van der Waals surface area (Å²) in [5.74, 6) is -0.364. The van der Waals surface area contributed by atoms with E-state index in [1.807, 2.05) is 0 Å². The highest BCUT2D eigenvalue weighted by Gasteiger charge is 2.35. The standard InChI is InChI=1S/C9H9ClF3NO/c10-7-3-1-2-6(9(11,12)13)8(7)15-5-4-14/h1-3H,4-5,14H2. The molecule has 1 aromatic rings. The zero-order chi connectivity index (χ0) is 11.5. The third-order valence-electron chi connectivity index (χ3n) is 1.64. The van der Waals surface area contributed by atoms with E-state index in [4.69, 9.17) is 22.1 Å². The fourth-order valence-electron chi connectivity index (χ4n) is 1.04. The second kappa shape index (κ2) is 4.72. The highest BCUT2D eigenvalue weighted by Crippen LogP contribution is 2.39. The monoisotopic (exact) mass is 239 g/mol. The van der Waals surface area contributed by atoms with Gasteiger partial charge in [0, 0.05) is 6.54 Å². The molecule has 0 fully saturated rings. The van der Waals surface area contributed by atoms with Crippen molar-refractivity contribution >= 4 is 11.6 Å². The Morgan fingerprint density at radius 2 is 2.00 bits per heavy atom. The maximum Gasteiger partial charge on any atom is 0.420 e. The van der Waals surface area contributed by atoms with Crippen molar-refractivity contribution in [2.45, 2.75) is 6.18 Å². The second-order valence-corrected chi connectivity index (χ2v) is 3.16. The van der Waals surface area contributed by atoms with Crippen molar-refractivity contribution in [3.8, 4) is 5.75 Å². The SMILES string of the molecule is NCCOc1c(Cl)cccc1C(F)(F)F. The highest BCUT2D eigenvalue weighted by molar-refractivity contribution is 6.32. The first kappa shape index (κ1) is 12.1. The van der Waals surface area contributed by atoms with Gasteiger partial charge in [-0.25, -0.2) is 0 Å². The Morgan fingerprint density at radius 3 is 2.53 bits per heavy atom. The normalized spacial score (nSPS) is 11.5.